The third-order valence-corrected chi connectivity index (χ3v) is 3.35. The minimum Gasteiger partial charge on any atom is -0.463 e. The van der Waals surface area contributed by atoms with Gasteiger partial charge in [-0.2, -0.15) is 0 Å². The second-order valence-electron chi connectivity index (χ2n) is 5.68. The summed E-state index contributed by atoms with van der Waals surface area (Å²) >= 11 is 0. The molecule has 18 heavy (non-hydrogen) atoms. The van der Waals surface area contributed by atoms with Crippen molar-refractivity contribution < 1.29 is 14.3 Å². The van der Waals surface area contributed by atoms with E-state index >= 15 is 0 Å². The van der Waals surface area contributed by atoms with Gasteiger partial charge in [-0.25, -0.2) is 0 Å². The Morgan fingerprint density at radius 2 is 2.00 bits per heavy atom. The molecule has 0 aromatic rings. The van der Waals surface area contributed by atoms with Gasteiger partial charge in [0.2, 0.25) is 0 Å². The van der Waals surface area contributed by atoms with Gasteiger partial charge >= 0.3 is 5.97 Å². The van der Waals surface area contributed by atoms with Gasteiger partial charge in [-0.3, -0.25) is 4.79 Å². The molecule has 0 bridgehead atoms. The first-order chi connectivity index (χ1) is 8.63. The number of ether oxygens (including phenoxy) is 2. The van der Waals surface area contributed by atoms with Crippen LogP contribution in [0.15, 0.2) is 0 Å². The molecule has 1 aliphatic rings. The Morgan fingerprint density at radius 1 is 1.22 bits per heavy atom. The predicted octanol–water partition coefficient (Wildman–Crippen LogP) is 3.70. The minimum absolute atomic E-state index is 0.0779. The molecule has 0 aromatic carbocycles. The average Bonchev–Trinajstić information content (AvgIpc) is 3.08. The lowest BCUT2D eigenvalue weighted by Crippen LogP contribution is -2.11. The van der Waals surface area contributed by atoms with Gasteiger partial charge in [0, 0.05) is 6.42 Å². The highest BCUT2D eigenvalue weighted by Crippen LogP contribution is 2.28. The van der Waals surface area contributed by atoms with Gasteiger partial charge in [0.25, 0.3) is 0 Å². The van der Waals surface area contributed by atoms with Crippen molar-refractivity contribution in [2.24, 2.45) is 5.92 Å². The fraction of sp³-hybridized carbons (Fsp3) is 0.933. The van der Waals surface area contributed by atoms with E-state index in [4.69, 9.17) is 9.47 Å². The Kier molecular flexibility index (Phi) is 7.33. The first-order valence-electron chi connectivity index (χ1n) is 7.44. The number of hydrogen-bond acceptors (Lipinski definition) is 3. The Morgan fingerprint density at radius 3 is 2.67 bits per heavy atom. The molecule has 0 radical (unpaired) electrons. The van der Waals surface area contributed by atoms with Crippen LogP contribution in [0.25, 0.3) is 0 Å². The number of carbonyl (C=O) groups is 1. The third-order valence-electron chi connectivity index (χ3n) is 3.35. The zero-order valence-corrected chi connectivity index (χ0v) is 12.1. The van der Waals surface area contributed by atoms with Crippen molar-refractivity contribution in [2.45, 2.75) is 77.9 Å². The lowest BCUT2D eigenvalue weighted by atomic mass is 10.0. The molecule has 1 aliphatic heterocycles. The molecule has 2 atom stereocenters. The largest absolute Gasteiger partial charge is 0.463 e. The Balaban J connectivity index is 1.92. The molecule has 0 N–H and O–H groups in total. The van der Waals surface area contributed by atoms with E-state index in [-0.39, 0.29) is 12.1 Å². The normalized spacial score (nSPS) is 22.2. The Labute approximate surface area is 111 Å². The topological polar surface area (TPSA) is 38.8 Å². The van der Waals surface area contributed by atoms with Gasteiger partial charge in [-0.15, -0.1) is 0 Å². The Hall–Kier alpha value is -0.570. The molecular formula is C15H28O3. The molecule has 0 aromatic heterocycles. The molecule has 0 unspecified atom stereocenters. The van der Waals surface area contributed by atoms with E-state index in [1.165, 1.54) is 19.3 Å². The second-order valence-corrected chi connectivity index (χ2v) is 5.68. The summed E-state index contributed by atoms with van der Waals surface area (Å²) in [5.74, 6) is 0.714. The molecule has 1 saturated heterocycles. The van der Waals surface area contributed by atoms with E-state index in [1.54, 1.807) is 0 Å². The average molecular weight is 256 g/mol. The summed E-state index contributed by atoms with van der Waals surface area (Å²) in [5.41, 5.74) is 0. The monoisotopic (exact) mass is 256 g/mol. The molecule has 0 saturated carbocycles. The first kappa shape index (κ1) is 15.5. The maximum atomic E-state index is 11.3. The summed E-state index contributed by atoms with van der Waals surface area (Å²) in [6.45, 7) is 7.04. The number of rotatable bonds is 10. The molecule has 106 valence electrons. The first-order valence-corrected chi connectivity index (χ1v) is 7.44. The quantitative estimate of drug-likeness (QED) is 0.340. The van der Waals surface area contributed by atoms with Gasteiger partial charge in [-0.05, 0) is 18.8 Å². The molecule has 1 heterocycles. The zero-order valence-electron chi connectivity index (χ0n) is 12.1. The van der Waals surface area contributed by atoms with Crippen LogP contribution < -0.4 is 0 Å². The van der Waals surface area contributed by atoms with Crippen LogP contribution in [0.5, 0.6) is 0 Å². The van der Waals surface area contributed by atoms with Crippen molar-refractivity contribution in [3.05, 3.63) is 0 Å². The zero-order chi connectivity index (χ0) is 13.4. The molecular weight excluding hydrogens is 228 g/mol. The van der Waals surface area contributed by atoms with Gasteiger partial charge in [0.05, 0.1) is 6.10 Å². The fourth-order valence-corrected chi connectivity index (χ4v) is 2.05. The van der Waals surface area contributed by atoms with E-state index in [0.29, 0.717) is 19.1 Å². The van der Waals surface area contributed by atoms with Crippen LogP contribution in [0.2, 0.25) is 0 Å². The summed E-state index contributed by atoms with van der Waals surface area (Å²) in [4.78, 5) is 11.3. The van der Waals surface area contributed by atoms with Crippen LogP contribution in [0.4, 0.5) is 0 Å². The maximum Gasteiger partial charge on any atom is 0.305 e. The molecule has 3 heteroatoms. The summed E-state index contributed by atoms with van der Waals surface area (Å²) < 4.78 is 10.7. The van der Waals surface area contributed by atoms with Gasteiger partial charge in [0.15, 0.2) is 0 Å². The van der Waals surface area contributed by atoms with E-state index in [1.807, 2.05) is 0 Å². The van der Waals surface area contributed by atoms with Crippen molar-refractivity contribution >= 4 is 5.97 Å². The smallest absolute Gasteiger partial charge is 0.305 e. The standard InChI is InChI=1S/C15H28O3/c1-4-5-10-15(16)17-11-14-13(18-14)9-7-6-8-12(2)3/h12-14H,4-11H2,1-3H3/t13-,14+/m1/s1. The number of hydrogen-bond donors (Lipinski definition) is 0. The lowest BCUT2D eigenvalue weighted by Gasteiger charge is -2.03. The van der Waals surface area contributed by atoms with Crippen LogP contribution in [0, 0.1) is 5.92 Å². The van der Waals surface area contributed by atoms with Crippen LogP contribution in [-0.2, 0) is 14.3 Å². The van der Waals surface area contributed by atoms with Crippen molar-refractivity contribution in [1.82, 2.24) is 0 Å². The summed E-state index contributed by atoms with van der Waals surface area (Å²) in [5, 5.41) is 0. The molecule has 1 rings (SSSR count). The van der Waals surface area contributed by atoms with Crippen molar-refractivity contribution in [1.29, 1.82) is 0 Å². The SMILES string of the molecule is CCCCC(=O)OC[C@@H]1O[C@@H]1CCCCC(C)C. The molecule has 1 fully saturated rings. The van der Waals surface area contributed by atoms with Gasteiger partial charge < -0.3 is 9.47 Å². The number of carbonyl (C=O) groups excluding carboxylic acids is 1. The molecule has 0 aliphatic carbocycles. The van der Waals surface area contributed by atoms with Crippen LogP contribution >= 0.6 is 0 Å². The van der Waals surface area contributed by atoms with E-state index in [0.717, 1.165) is 25.2 Å². The lowest BCUT2D eigenvalue weighted by molar-refractivity contribution is -0.144. The summed E-state index contributed by atoms with van der Waals surface area (Å²) in [6.07, 6.45) is 7.93. The molecule has 3 nitrogen and oxygen atoms in total. The Bertz CT molecular complexity index is 238. The summed E-state index contributed by atoms with van der Waals surface area (Å²) in [6, 6.07) is 0. The number of epoxide rings is 1. The second kappa shape index (κ2) is 8.52. The molecule has 0 spiro atoms. The van der Waals surface area contributed by atoms with E-state index < -0.39 is 0 Å². The maximum absolute atomic E-state index is 11.3. The van der Waals surface area contributed by atoms with Crippen molar-refractivity contribution in [3.63, 3.8) is 0 Å². The highest BCUT2D eigenvalue weighted by atomic mass is 16.6. The van der Waals surface area contributed by atoms with Crippen LogP contribution in [0.1, 0.15) is 65.7 Å². The number of unbranched alkanes of at least 4 members (excludes halogenated alkanes) is 2. The molecule has 0 amide bonds. The van der Waals surface area contributed by atoms with Crippen LogP contribution in [0.3, 0.4) is 0 Å². The van der Waals surface area contributed by atoms with E-state index in [9.17, 15) is 4.79 Å². The van der Waals surface area contributed by atoms with Gasteiger partial charge in [0.1, 0.15) is 12.7 Å². The summed E-state index contributed by atoms with van der Waals surface area (Å²) in [7, 11) is 0. The van der Waals surface area contributed by atoms with Crippen LogP contribution in [-0.4, -0.2) is 24.8 Å². The van der Waals surface area contributed by atoms with Gasteiger partial charge in [-0.1, -0.05) is 46.5 Å². The highest BCUT2D eigenvalue weighted by Gasteiger charge is 2.38. The van der Waals surface area contributed by atoms with Crippen molar-refractivity contribution in [3.8, 4) is 0 Å². The van der Waals surface area contributed by atoms with E-state index in [2.05, 4.69) is 20.8 Å². The number of esters is 1. The minimum atomic E-state index is -0.0779. The fourth-order valence-electron chi connectivity index (χ4n) is 2.05. The highest BCUT2D eigenvalue weighted by molar-refractivity contribution is 5.69. The predicted molar refractivity (Wildman–Crippen MR) is 72.5 cm³/mol. The van der Waals surface area contributed by atoms with Crippen molar-refractivity contribution in [2.75, 3.05) is 6.61 Å². The third kappa shape index (κ3) is 7.00.